The van der Waals surface area contributed by atoms with Crippen molar-refractivity contribution in [1.29, 1.82) is 0 Å². The third-order valence-corrected chi connectivity index (χ3v) is 5.02. The van der Waals surface area contributed by atoms with E-state index in [1.807, 2.05) is 0 Å². The SMILES string of the molecule is COC1=C[C@H](c2ccccc2)N(c2ccccc2)[C@@H](c2ccccc2)C1. The van der Waals surface area contributed by atoms with Crippen molar-refractivity contribution in [2.45, 2.75) is 18.5 Å². The van der Waals surface area contributed by atoms with Crippen molar-refractivity contribution in [3.63, 3.8) is 0 Å². The maximum Gasteiger partial charge on any atom is 0.0963 e. The van der Waals surface area contributed by atoms with E-state index < -0.39 is 0 Å². The van der Waals surface area contributed by atoms with E-state index in [9.17, 15) is 0 Å². The molecule has 2 heteroatoms. The second-order valence-electron chi connectivity index (χ2n) is 6.57. The van der Waals surface area contributed by atoms with Crippen LogP contribution in [0.2, 0.25) is 0 Å². The van der Waals surface area contributed by atoms with Gasteiger partial charge in [-0.15, -0.1) is 0 Å². The van der Waals surface area contributed by atoms with Gasteiger partial charge in [0.1, 0.15) is 0 Å². The summed E-state index contributed by atoms with van der Waals surface area (Å²) in [6.45, 7) is 0. The molecule has 0 amide bonds. The lowest BCUT2D eigenvalue weighted by Gasteiger charge is -2.43. The number of methoxy groups -OCH3 is 1. The third-order valence-electron chi connectivity index (χ3n) is 5.02. The molecule has 4 rings (SSSR count). The van der Waals surface area contributed by atoms with Crippen molar-refractivity contribution in [2.24, 2.45) is 0 Å². The van der Waals surface area contributed by atoms with Crippen LogP contribution in [0.3, 0.4) is 0 Å². The number of rotatable bonds is 4. The highest BCUT2D eigenvalue weighted by Crippen LogP contribution is 2.43. The Bertz CT molecular complexity index is 858. The molecule has 26 heavy (non-hydrogen) atoms. The topological polar surface area (TPSA) is 12.5 Å². The first-order chi connectivity index (χ1) is 12.9. The predicted octanol–water partition coefficient (Wildman–Crippen LogP) is 5.91. The second kappa shape index (κ2) is 7.49. The molecule has 3 aromatic carbocycles. The van der Waals surface area contributed by atoms with Crippen molar-refractivity contribution in [3.8, 4) is 0 Å². The van der Waals surface area contributed by atoms with E-state index in [1.54, 1.807) is 7.11 Å². The maximum absolute atomic E-state index is 5.71. The summed E-state index contributed by atoms with van der Waals surface area (Å²) in [5.41, 5.74) is 3.80. The van der Waals surface area contributed by atoms with Gasteiger partial charge in [-0.05, 0) is 29.3 Å². The van der Waals surface area contributed by atoms with Crippen LogP contribution in [0.5, 0.6) is 0 Å². The number of anilines is 1. The number of hydrogen-bond acceptors (Lipinski definition) is 2. The number of nitrogens with zero attached hydrogens (tertiary/aromatic N) is 1. The van der Waals surface area contributed by atoms with Crippen LogP contribution in [0.15, 0.2) is 103 Å². The molecular formula is C24H23NO. The summed E-state index contributed by atoms with van der Waals surface area (Å²) in [5, 5.41) is 0. The van der Waals surface area contributed by atoms with Gasteiger partial charge in [-0.1, -0.05) is 78.9 Å². The first-order valence-corrected chi connectivity index (χ1v) is 9.05. The molecule has 0 radical (unpaired) electrons. The summed E-state index contributed by atoms with van der Waals surface area (Å²) in [4.78, 5) is 2.51. The highest BCUT2D eigenvalue weighted by molar-refractivity contribution is 5.54. The zero-order chi connectivity index (χ0) is 17.8. The Hall–Kier alpha value is -3.00. The minimum atomic E-state index is 0.132. The summed E-state index contributed by atoms with van der Waals surface area (Å²) in [6.07, 6.45) is 3.11. The van der Waals surface area contributed by atoms with Crippen molar-refractivity contribution in [1.82, 2.24) is 0 Å². The molecule has 0 fully saturated rings. The number of benzene rings is 3. The molecule has 1 aliphatic heterocycles. The predicted molar refractivity (Wildman–Crippen MR) is 107 cm³/mol. The molecule has 0 bridgehead atoms. The summed E-state index contributed by atoms with van der Waals surface area (Å²) in [7, 11) is 1.77. The number of ether oxygens (including phenoxy) is 1. The Balaban J connectivity index is 1.86. The lowest BCUT2D eigenvalue weighted by molar-refractivity contribution is 0.255. The molecule has 1 heterocycles. The Labute approximate surface area is 155 Å². The average molecular weight is 341 g/mol. The molecule has 0 N–H and O–H groups in total. The molecule has 0 unspecified atom stereocenters. The molecular weight excluding hydrogens is 318 g/mol. The van der Waals surface area contributed by atoms with E-state index in [0.29, 0.717) is 0 Å². The minimum absolute atomic E-state index is 0.132. The van der Waals surface area contributed by atoms with Gasteiger partial charge >= 0.3 is 0 Å². The van der Waals surface area contributed by atoms with Gasteiger partial charge in [-0.3, -0.25) is 0 Å². The van der Waals surface area contributed by atoms with Gasteiger partial charge in [0.05, 0.1) is 25.0 Å². The molecule has 1 aliphatic rings. The van der Waals surface area contributed by atoms with Crippen molar-refractivity contribution in [2.75, 3.05) is 12.0 Å². The van der Waals surface area contributed by atoms with E-state index >= 15 is 0 Å². The van der Waals surface area contributed by atoms with Gasteiger partial charge in [0.2, 0.25) is 0 Å². The van der Waals surface area contributed by atoms with E-state index in [0.717, 1.165) is 12.2 Å². The maximum atomic E-state index is 5.71. The second-order valence-corrected chi connectivity index (χ2v) is 6.57. The van der Waals surface area contributed by atoms with E-state index in [1.165, 1.54) is 16.8 Å². The summed E-state index contributed by atoms with van der Waals surface area (Å²) in [5.74, 6) is 1.04. The standard InChI is InChI=1S/C24H23NO/c1-26-22-17-23(19-11-5-2-6-12-19)25(21-15-9-4-10-16-21)24(18-22)20-13-7-3-8-14-20/h2-17,23-24H,18H2,1H3/t23-,24-/m1/s1. The third kappa shape index (κ3) is 3.23. The summed E-state index contributed by atoms with van der Waals surface area (Å²) in [6, 6.07) is 32.4. The zero-order valence-corrected chi connectivity index (χ0v) is 15.0. The van der Waals surface area contributed by atoms with Gasteiger partial charge < -0.3 is 9.64 Å². The summed E-state index contributed by atoms with van der Waals surface area (Å²) >= 11 is 0. The molecule has 0 aromatic heterocycles. The van der Waals surface area contributed by atoms with Crippen LogP contribution in [0.4, 0.5) is 5.69 Å². The van der Waals surface area contributed by atoms with Crippen LogP contribution in [0, 0.1) is 0 Å². The van der Waals surface area contributed by atoms with Crippen LogP contribution in [-0.2, 0) is 4.74 Å². The average Bonchev–Trinajstić information content (AvgIpc) is 2.74. The first-order valence-electron chi connectivity index (χ1n) is 9.05. The highest BCUT2D eigenvalue weighted by Gasteiger charge is 2.33. The minimum Gasteiger partial charge on any atom is -0.501 e. The fourth-order valence-electron chi connectivity index (χ4n) is 3.76. The largest absolute Gasteiger partial charge is 0.501 e. The van der Waals surface area contributed by atoms with Crippen LogP contribution in [0.25, 0.3) is 0 Å². The summed E-state index contributed by atoms with van der Waals surface area (Å²) < 4.78 is 5.71. The van der Waals surface area contributed by atoms with Gasteiger partial charge in [0, 0.05) is 12.1 Å². The Morgan fingerprint density at radius 2 is 1.27 bits per heavy atom. The van der Waals surface area contributed by atoms with E-state index in [4.69, 9.17) is 4.74 Å². The van der Waals surface area contributed by atoms with E-state index in [-0.39, 0.29) is 12.1 Å². The van der Waals surface area contributed by atoms with Crippen molar-refractivity contribution >= 4 is 5.69 Å². The molecule has 0 spiro atoms. The fourth-order valence-corrected chi connectivity index (χ4v) is 3.76. The molecule has 130 valence electrons. The molecule has 2 atom stereocenters. The van der Waals surface area contributed by atoms with Gasteiger partial charge in [0.15, 0.2) is 0 Å². The van der Waals surface area contributed by atoms with Crippen LogP contribution in [-0.4, -0.2) is 7.11 Å². The smallest absolute Gasteiger partial charge is 0.0963 e. The monoisotopic (exact) mass is 341 g/mol. The Morgan fingerprint density at radius 1 is 0.731 bits per heavy atom. The first kappa shape index (κ1) is 16.5. The van der Waals surface area contributed by atoms with Gasteiger partial charge in [0.25, 0.3) is 0 Å². The lowest BCUT2D eigenvalue weighted by Crippen LogP contribution is -2.35. The quantitative estimate of drug-likeness (QED) is 0.585. The Morgan fingerprint density at radius 3 is 1.85 bits per heavy atom. The molecule has 2 nitrogen and oxygen atoms in total. The van der Waals surface area contributed by atoms with Crippen LogP contribution < -0.4 is 4.90 Å². The normalized spacial score (nSPS) is 19.7. The van der Waals surface area contributed by atoms with E-state index in [2.05, 4.69) is 102 Å². The van der Waals surface area contributed by atoms with Crippen molar-refractivity contribution < 1.29 is 4.74 Å². The van der Waals surface area contributed by atoms with Gasteiger partial charge in [-0.25, -0.2) is 0 Å². The molecule has 3 aromatic rings. The van der Waals surface area contributed by atoms with Crippen LogP contribution in [0.1, 0.15) is 29.6 Å². The van der Waals surface area contributed by atoms with Gasteiger partial charge in [-0.2, -0.15) is 0 Å². The van der Waals surface area contributed by atoms with Crippen molar-refractivity contribution in [3.05, 3.63) is 114 Å². The fraction of sp³-hybridized carbons (Fsp3) is 0.167. The Kier molecular flexibility index (Phi) is 4.74. The number of para-hydroxylation sites is 1. The lowest BCUT2D eigenvalue weighted by atomic mass is 9.90. The molecule has 0 saturated heterocycles. The highest BCUT2D eigenvalue weighted by atomic mass is 16.5. The number of hydrogen-bond donors (Lipinski definition) is 0. The zero-order valence-electron chi connectivity index (χ0n) is 15.0. The molecule has 0 saturated carbocycles. The van der Waals surface area contributed by atoms with Crippen LogP contribution >= 0.6 is 0 Å². The molecule has 0 aliphatic carbocycles.